The number of para-hydroxylation sites is 1. The summed E-state index contributed by atoms with van der Waals surface area (Å²) < 4.78 is 0. The van der Waals surface area contributed by atoms with Gasteiger partial charge in [-0.15, -0.1) is 10.2 Å². The first-order valence-electron chi connectivity index (χ1n) is 9.52. The van der Waals surface area contributed by atoms with E-state index in [0.29, 0.717) is 27.8 Å². The molecule has 1 amide bonds. The molecule has 31 heavy (non-hydrogen) atoms. The number of rotatable bonds is 6. The van der Waals surface area contributed by atoms with Gasteiger partial charge in [-0.25, -0.2) is 4.98 Å². The van der Waals surface area contributed by atoms with Crippen molar-refractivity contribution in [3.05, 3.63) is 90.5 Å². The Balaban J connectivity index is 1.56. The minimum absolute atomic E-state index is 0.0976. The lowest BCUT2D eigenvalue weighted by molar-refractivity contribution is -0.113. The van der Waals surface area contributed by atoms with E-state index in [9.17, 15) is 4.79 Å². The van der Waals surface area contributed by atoms with Gasteiger partial charge in [0, 0.05) is 11.1 Å². The number of aromatic nitrogens is 3. The van der Waals surface area contributed by atoms with Gasteiger partial charge in [0.2, 0.25) is 11.1 Å². The van der Waals surface area contributed by atoms with Crippen molar-refractivity contribution in [2.24, 2.45) is 0 Å². The summed E-state index contributed by atoms with van der Waals surface area (Å²) >= 11 is 1.19. The zero-order valence-corrected chi connectivity index (χ0v) is 17.2. The van der Waals surface area contributed by atoms with Gasteiger partial charge in [-0.1, -0.05) is 84.6 Å². The van der Waals surface area contributed by atoms with E-state index in [1.165, 1.54) is 11.8 Å². The molecule has 0 spiro atoms. The van der Waals surface area contributed by atoms with E-state index >= 15 is 0 Å². The van der Waals surface area contributed by atoms with Gasteiger partial charge in [-0.2, -0.15) is 5.26 Å². The predicted octanol–water partition coefficient (Wildman–Crippen LogP) is 4.81. The van der Waals surface area contributed by atoms with Gasteiger partial charge < -0.3 is 5.32 Å². The quantitative estimate of drug-likeness (QED) is 0.448. The maximum Gasteiger partial charge on any atom is 0.234 e. The number of carbonyl (C=O) groups excluding carboxylic acids is 1. The van der Waals surface area contributed by atoms with Crippen molar-refractivity contribution in [3.63, 3.8) is 0 Å². The largest absolute Gasteiger partial charge is 0.324 e. The van der Waals surface area contributed by atoms with E-state index in [1.54, 1.807) is 24.3 Å². The maximum atomic E-state index is 12.4. The molecule has 6 nitrogen and oxygen atoms in total. The van der Waals surface area contributed by atoms with E-state index in [4.69, 9.17) is 5.26 Å². The Labute approximate surface area is 184 Å². The summed E-state index contributed by atoms with van der Waals surface area (Å²) in [6, 6.07) is 28.5. The minimum Gasteiger partial charge on any atom is -0.324 e. The van der Waals surface area contributed by atoms with Crippen molar-refractivity contribution in [3.8, 4) is 28.6 Å². The number of anilines is 1. The van der Waals surface area contributed by atoms with Crippen LogP contribution in [0.4, 0.5) is 5.69 Å². The molecule has 0 saturated heterocycles. The number of benzene rings is 3. The summed E-state index contributed by atoms with van der Waals surface area (Å²) in [5, 5.41) is 21.0. The van der Waals surface area contributed by atoms with Crippen LogP contribution in [0.5, 0.6) is 0 Å². The molecule has 1 aromatic heterocycles. The Morgan fingerprint density at radius 3 is 2.13 bits per heavy atom. The first kappa shape index (κ1) is 20.3. The van der Waals surface area contributed by atoms with Gasteiger partial charge in [0.05, 0.1) is 17.0 Å². The first-order valence-corrected chi connectivity index (χ1v) is 10.5. The molecule has 4 rings (SSSR count). The van der Waals surface area contributed by atoms with Crippen LogP contribution in [0.15, 0.2) is 90.1 Å². The molecule has 1 heterocycles. The highest BCUT2D eigenvalue weighted by Crippen LogP contribution is 2.29. The number of hydrogen-bond donors (Lipinski definition) is 1. The summed E-state index contributed by atoms with van der Waals surface area (Å²) in [5.41, 5.74) is 4.13. The van der Waals surface area contributed by atoms with Crippen LogP contribution in [0.3, 0.4) is 0 Å². The fourth-order valence-electron chi connectivity index (χ4n) is 2.97. The molecule has 4 aromatic rings. The average Bonchev–Trinajstić information content (AvgIpc) is 2.84. The van der Waals surface area contributed by atoms with Crippen LogP contribution in [0.25, 0.3) is 22.5 Å². The van der Waals surface area contributed by atoms with Crippen LogP contribution in [0, 0.1) is 11.3 Å². The van der Waals surface area contributed by atoms with Crippen LogP contribution in [-0.4, -0.2) is 26.8 Å². The second-order valence-electron chi connectivity index (χ2n) is 6.52. The third-order valence-corrected chi connectivity index (χ3v) is 5.25. The molecule has 0 fully saturated rings. The zero-order valence-electron chi connectivity index (χ0n) is 16.4. The highest BCUT2D eigenvalue weighted by atomic mass is 32.2. The summed E-state index contributed by atoms with van der Waals surface area (Å²) in [6.45, 7) is 0. The van der Waals surface area contributed by atoms with Gasteiger partial charge in [0.1, 0.15) is 17.5 Å². The predicted molar refractivity (Wildman–Crippen MR) is 121 cm³/mol. The van der Waals surface area contributed by atoms with Crippen LogP contribution in [0.1, 0.15) is 5.56 Å². The van der Waals surface area contributed by atoms with Crippen molar-refractivity contribution in [2.45, 2.75) is 5.16 Å². The average molecular weight is 424 g/mol. The summed E-state index contributed by atoms with van der Waals surface area (Å²) in [6.07, 6.45) is 0. The third-order valence-electron chi connectivity index (χ3n) is 4.42. The number of thioether (sulfide) groups is 1. The fourth-order valence-corrected chi connectivity index (χ4v) is 3.55. The monoisotopic (exact) mass is 423 g/mol. The standard InChI is InChI=1S/C24H17N5OS/c25-15-19-13-7-8-14-20(19)26-21(30)16-31-24-27-22(17-9-3-1-4-10-17)23(28-29-24)18-11-5-2-6-12-18/h1-14H,16H2,(H,26,30). The molecule has 3 aromatic carbocycles. The number of amides is 1. The molecule has 0 aliphatic heterocycles. The molecule has 0 atom stereocenters. The van der Waals surface area contributed by atoms with Crippen LogP contribution in [0.2, 0.25) is 0 Å². The van der Waals surface area contributed by atoms with E-state index in [0.717, 1.165) is 11.1 Å². The lowest BCUT2D eigenvalue weighted by Gasteiger charge is -2.10. The molecule has 0 saturated carbocycles. The third kappa shape index (κ3) is 4.94. The number of carbonyl (C=O) groups is 1. The highest BCUT2D eigenvalue weighted by Gasteiger charge is 2.15. The van der Waals surface area contributed by atoms with Gasteiger partial charge in [-0.3, -0.25) is 4.79 Å². The molecule has 0 radical (unpaired) electrons. The molecular formula is C24H17N5OS. The van der Waals surface area contributed by atoms with Gasteiger partial charge in [0.25, 0.3) is 0 Å². The fraction of sp³-hybridized carbons (Fsp3) is 0.0417. The van der Waals surface area contributed by atoms with Gasteiger partial charge in [0.15, 0.2) is 0 Å². The molecule has 0 bridgehead atoms. The Morgan fingerprint density at radius 2 is 1.45 bits per heavy atom. The summed E-state index contributed by atoms with van der Waals surface area (Å²) in [5.74, 6) is -0.148. The number of nitrogens with zero attached hydrogens (tertiary/aromatic N) is 4. The highest BCUT2D eigenvalue weighted by molar-refractivity contribution is 7.99. The number of nitriles is 1. The van der Waals surface area contributed by atoms with Crippen molar-refractivity contribution >= 4 is 23.4 Å². The molecular weight excluding hydrogens is 406 g/mol. The molecule has 0 aliphatic rings. The summed E-state index contributed by atoms with van der Waals surface area (Å²) in [7, 11) is 0. The van der Waals surface area contributed by atoms with Crippen LogP contribution >= 0.6 is 11.8 Å². The molecule has 150 valence electrons. The Morgan fingerprint density at radius 1 is 0.839 bits per heavy atom. The second-order valence-corrected chi connectivity index (χ2v) is 7.46. The minimum atomic E-state index is -0.246. The first-order chi connectivity index (χ1) is 15.2. The maximum absolute atomic E-state index is 12.4. The molecule has 0 unspecified atom stereocenters. The van der Waals surface area contributed by atoms with Crippen LogP contribution in [-0.2, 0) is 4.79 Å². The summed E-state index contributed by atoms with van der Waals surface area (Å²) in [4.78, 5) is 17.1. The molecule has 1 N–H and O–H groups in total. The van der Waals surface area contributed by atoms with Crippen molar-refractivity contribution in [1.82, 2.24) is 15.2 Å². The van der Waals surface area contributed by atoms with Crippen molar-refractivity contribution < 1.29 is 4.79 Å². The van der Waals surface area contributed by atoms with Gasteiger partial charge in [-0.05, 0) is 12.1 Å². The Kier molecular flexibility index (Phi) is 6.31. The molecule has 7 heteroatoms. The lowest BCUT2D eigenvalue weighted by atomic mass is 10.0. The molecule has 0 aliphatic carbocycles. The van der Waals surface area contributed by atoms with Crippen LogP contribution < -0.4 is 5.32 Å². The van der Waals surface area contributed by atoms with Crippen molar-refractivity contribution in [1.29, 1.82) is 5.26 Å². The van der Waals surface area contributed by atoms with E-state index in [-0.39, 0.29) is 11.7 Å². The Bertz CT molecular complexity index is 1240. The SMILES string of the molecule is N#Cc1ccccc1NC(=O)CSc1nnc(-c2ccccc2)c(-c2ccccc2)n1. The lowest BCUT2D eigenvalue weighted by Crippen LogP contribution is -2.15. The van der Waals surface area contributed by atoms with Crippen molar-refractivity contribution in [2.75, 3.05) is 11.1 Å². The second kappa shape index (κ2) is 9.65. The zero-order chi connectivity index (χ0) is 21.5. The number of hydrogen-bond acceptors (Lipinski definition) is 6. The normalized spacial score (nSPS) is 10.3. The smallest absolute Gasteiger partial charge is 0.234 e. The van der Waals surface area contributed by atoms with E-state index < -0.39 is 0 Å². The number of nitrogens with one attached hydrogen (secondary N) is 1. The van der Waals surface area contributed by atoms with E-state index in [2.05, 4.69) is 26.6 Å². The topological polar surface area (TPSA) is 91.6 Å². The van der Waals surface area contributed by atoms with E-state index in [1.807, 2.05) is 60.7 Å². The van der Waals surface area contributed by atoms with Gasteiger partial charge >= 0.3 is 0 Å². The Hall–Kier alpha value is -4.02.